The highest BCUT2D eigenvalue weighted by atomic mass is 79.9. The SMILES string of the molecule is Cc1ccc(NCc2ccc(OCc3cccc4ccccc34)c(Br)c2)cc1Cl. The maximum absolute atomic E-state index is 6.20. The van der Waals surface area contributed by atoms with Crippen molar-refractivity contribution in [1.29, 1.82) is 0 Å². The summed E-state index contributed by atoms with van der Waals surface area (Å²) in [7, 11) is 0. The van der Waals surface area contributed by atoms with Crippen LogP contribution in [0.4, 0.5) is 5.69 Å². The number of fused-ring (bicyclic) bond motifs is 1. The van der Waals surface area contributed by atoms with Crippen molar-refractivity contribution in [2.45, 2.75) is 20.1 Å². The van der Waals surface area contributed by atoms with E-state index in [1.165, 1.54) is 16.3 Å². The molecule has 0 radical (unpaired) electrons. The van der Waals surface area contributed by atoms with Gasteiger partial charge in [-0.1, -0.05) is 66.2 Å². The Kier molecular flexibility index (Phi) is 6.08. The number of hydrogen-bond donors (Lipinski definition) is 1. The summed E-state index contributed by atoms with van der Waals surface area (Å²) < 4.78 is 7.04. The average Bonchev–Trinajstić information content (AvgIpc) is 2.74. The van der Waals surface area contributed by atoms with Gasteiger partial charge in [0.1, 0.15) is 12.4 Å². The van der Waals surface area contributed by atoms with Crippen LogP contribution in [-0.4, -0.2) is 0 Å². The van der Waals surface area contributed by atoms with Crippen molar-refractivity contribution in [2.75, 3.05) is 5.32 Å². The van der Waals surface area contributed by atoms with E-state index in [4.69, 9.17) is 16.3 Å². The third-order valence-electron chi connectivity index (χ3n) is 4.93. The third-order valence-corrected chi connectivity index (χ3v) is 5.95. The number of ether oxygens (including phenoxy) is 1. The number of anilines is 1. The van der Waals surface area contributed by atoms with Crippen molar-refractivity contribution in [3.8, 4) is 5.75 Å². The van der Waals surface area contributed by atoms with Crippen LogP contribution >= 0.6 is 27.5 Å². The molecule has 4 heteroatoms. The molecule has 0 heterocycles. The van der Waals surface area contributed by atoms with E-state index in [2.05, 4.69) is 75.8 Å². The highest BCUT2D eigenvalue weighted by molar-refractivity contribution is 9.10. The molecule has 4 rings (SSSR count). The molecule has 0 unspecified atom stereocenters. The monoisotopic (exact) mass is 465 g/mol. The Labute approximate surface area is 184 Å². The van der Waals surface area contributed by atoms with Crippen LogP contribution in [0.3, 0.4) is 0 Å². The van der Waals surface area contributed by atoms with E-state index >= 15 is 0 Å². The first-order valence-electron chi connectivity index (χ1n) is 9.48. The zero-order valence-electron chi connectivity index (χ0n) is 16.1. The Bertz CT molecular complexity index is 1150. The topological polar surface area (TPSA) is 21.3 Å². The van der Waals surface area contributed by atoms with Crippen LogP contribution in [-0.2, 0) is 13.2 Å². The minimum Gasteiger partial charge on any atom is -0.488 e. The Morgan fingerprint density at radius 1 is 0.931 bits per heavy atom. The van der Waals surface area contributed by atoms with E-state index in [0.717, 1.165) is 32.1 Å². The van der Waals surface area contributed by atoms with Crippen LogP contribution in [0.5, 0.6) is 5.75 Å². The van der Waals surface area contributed by atoms with Gasteiger partial charge in [0.2, 0.25) is 0 Å². The molecule has 0 spiro atoms. The average molecular weight is 467 g/mol. The molecular formula is C25H21BrClNO. The lowest BCUT2D eigenvalue weighted by atomic mass is 10.1. The van der Waals surface area contributed by atoms with Crippen LogP contribution in [0.1, 0.15) is 16.7 Å². The molecule has 0 aliphatic carbocycles. The van der Waals surface area contributed by atoms with Crippen LogP contribution < -0.4 is 10.1 Å². The van der Waals surface area contributed by atoms with E-state index in [1.807, 2.05) is 31.2 Å². The second-order valence-corrected chi connectivity index (χ2v) is 8.27. The van der Waals surface area contributed by atoms with E-state index in [9.17, 15) is 0 Å². The predicted molar refractivity (Wildman–Crippen MR) is 126 cm³/mol. The molecule has 146 valence electrons. The smallest absolute Gasteiger partial charge is 0.134 e. The van der Waals surface area contributed by atoms with Gasteiger partial charge < -0.3 is 10.1 Å². The predicted octanol–water partition coefficient (Wildman–Crippen LogP) is 7.76. The molecular weight excluding hydrogens is 446 g/mol. The third kappa shape index (κ3) is 4.75. The molecule has 0 atom stereocenters. The minimum absolute atomic E-state index is 0.527. The maximum atomic E-state index is 6.20. The van der Waals surface area contributed by atoms with Gasteiger partial charge >= 0.3 is 0 Å². The summed E-state index contributed by atoms with van der Waals surface area (Å²) >= 11 is 9.84. The molecule has 0 saturated carbocycles. The quantitative estimate of drug-likeness (QED) is 0.313. The van der Waals surface area contributed by atoms with Gasteiger partial charge in [0.15, 0.2) is 0 Å². The van der Waals surface area contributed by atoms with Crippen LogP contribution in [0.25, 0.3) is 10.8 Å². The van der Waals surface area contributed by atoms with Crippen LogP contribution in [0.15, 0.2) is 83.3 Å². The van der Waals surface area contributed by atoms with E-state index in [1.54, 1.807) is 0 Å². The van der Waals surface area contributed by atoms with Gasteiger partial charge in [-0.15, -0.1) is 0 Å². The second kappa shape index (κ2) is 8.89. The first-order chi connectivity index (χ1) is 14.1. The summed E-state index contributed by atoms with van der Waals surface area (Å²) in [5.41, 5.74) is 4.42. The summed E-state index contributed by atoms with van der Waals surface area (Å²) in [6, 6.07) is 26.9. The summed E-state index contributed by atoms with van der Waals surface area (Å²) in [4.78, 5) is 0. The highest BCUT2D eigenvalue weighted by Crippen LogP contribution is 2.29. The zero-order valence-corrected chi connectivity index (χ0v) is 18.4. The molecule has 4 aromatic rings. The van der Waals surface area contributed by atoms with Crippen molar-refractivity contribution >= 4 is 44.0 Å². The van der Waals surface area contributed by atoms with Gasteiger partial charge in [0.05, 0.1) is 4.47 Å². The number of nitrogens with one attached hydrogen (secondary N) is 1. The fourth-order valence-corrected chi connectivity index (χ4v) is 3.97. The molecule has 0 amide bonds. The summed E-state index contributed by atoms with van der Waals surface area (Å²) in [6.07, 6.45) is 0. The van der Waals surface area contributed by atoms with Crippen molar-refractivity contribution in [1.82, 2.24) is 0 Å². The standard InChI is InChI=1S/C25H21BrClNO/c1-17-9-11-21(14-24(17)27)28-15-18-10-12-25(23(26)13-18)29-16-20-7-4-6-19-5-2-3-8-22(19)20/h2-14,28H,15-16H2,1H3. The van der Waals surface area contributed by atoms with Gasteiger partial charge in [-0.3, -0.25) is 0 Å². The molecule has 0 aromatic heterocycles. The summed E-state index contributed by atoms with van der Waals surface area (Å²) in [5, 5.41) is 6.63. The first kappa shape index (κ1) is 19.8. The van der Waals surface area contributed by atoms with Gasteiger partial charge in [-0.05, 0) is 74.6 Å². The molecule has 29 heavy (non-hydrogen) atoms. The first-order valence-corrected chi connectivity index (χ1v) is 10.6. The second-order valence-electron chi connectivity index (χ2n) is 7.01. The number of rotatable bonds is 6. The summed E-state index contributed by atoms with van der Waals surface area (Å²) in [6.45, 7) is 3.24. The Morgan fingerprint density at radius 3 is 2.59 bits per heavy atom. The van der Waals surface area contributed by atoms with Crippen molar-refractivity contribution in [2.24, 2.45) is 0 Å². The molecule has 0 aliphatic heterocycles. The van der Waals surface area contributed by atoms with Gasteiger partial charge in [-0.2, -0.15) is 0 Å². The van der Waals surface area contributed by atoms with Gasteiger partial charge in [0.25, 0.3) is 0 Å². The molecule has 1 N–H and O–H groups in total. The van der Waals surface area contributed by atoms with Gasteiger partial charge in [-0.25, -0.2) is 0 Å². The highest BCUT2D eigenvalue weighted by Gasteiger charge is 2.06. The fourth-order valence-electron chi connectivity index (χ4n) is 3.25. The molecule has 4 aromatic carbocycles. The lowest BCUT2D eigenvalue weighted by molar-refractivity contribution is 0.305. The molecule has 2 nitrogen and oxygen atoms in total. The fraction of sp³-hybridized carbons (Fsp3) is 0.120. The zero-order chi connectivity index (χ0) is 20.2. The van der Waals surface area contributed by atoms with Crippen LogP contribution in [0, 0.1) is 6.92 Å². The molecule has 0 saturated heterocycles. The number of hydrogen-bond acceptors (Lipinski definition) is 2. The lowest BCUT2D eigenvalue weighted by Crippen LogP contribution is -2.01. The Morgan fingerprint density at radius 2 is 1.76 bits per heavy atom. The largest absolute Gasteiger partial charge is 0.488 e. The number of aryl methyl sites for hydroxylation is 1. The number of halogens is 2. The van der Waals surface area contributed by atoms with Crippen LogP contribution in [0.2, 0.25) is 5.02 Å². The number of benzene rings is 4. The van der Waals surface area contributed by atoms with E-state index in [0.29, 0.717) is 13.2 Å². The molecule has 0 aliphatic rings. The maximum Gasteiger partial charge on any atom is 0.134 e. The summed E-state index contributed by atoms with van der Waals surface area (Å²) in [5.74, 6) is 0.833. The Hall–Kier alpha value is -2.49. The minimum atomic E-state index is 0.527. The van der Waals surface area contributed by atoms with Gasteiger partial charge in [0, 0.05) is 17.3 Å². The van der Waals surface area contributed by atoms with Crippen molar-refractivity contribution in [3.63, 3.8) is 0 Å². The van der Waals surface area contributed by atoms with Crippen molar-refractivity contribution < 1.29 is 4.74 Å². The molecule has 0 fully saturated rings. The van der Waals surface area contributed by atoms with E-state index < -0.39 is 0 Å². The van der Waals surface area contributed by atoms with Crippen molar-refractivity contribution in [3.05, 3.63) is 105 Å². The van der Waals surface area contributed by atoms with E-state index in [-0.39, 0.29) is 0 Å². The molecule has 0 bridgehead atoms. The normalized spacial score (nSPS) is 10.9. The lowest BCUT2D eigenvalue weighted by Gasteiger charge is -2.12. The Balaban J connectivity index is 1.42.